The van der Waals surface area contributed by atoms with E-state index in [4.69, 9.17) is 16.0 Å². The van der Waals surface area contributed by atoms with Gasteiger partial charge in [0.05, 0.1) is 6.10 Å². The molecule has 1 aromatic heterocycles. The number of ether oxygens (including phenoxy) is 1. The highest BCUT2D eigenvalue weighted by molar-refractivity contribution is 6.30. The monoisotopic (exact) mass is 496 g/mol. The first-order valence-electron chi connectivity index (χ1n) is 11.6. The van der Waals surface area contributed by atoms with Crippen LogP contribution >= 0.6 is 11.6 Å². The summed E-state index contributed by atoms with van der Waals surface area (Å²) in [5.74, 6) is 1.13. The van der Waals surface area contributed by atoms with Gasteiger partial charge in [-0.25, -0.2) is 4.79 Å². The molecule has 5 aliphatic rings. The maximum atomic E-state index is 13.0. The number of alkyl halides is 3. The molecule has 1 N–H and O–H groups in total. The lowest BCUT2D eigenvalue weighted by atomic mass is 9.76. The molecule has 7 rings (SSSR count). The van der Waals surface area contributed by atoms with Crippen LogP contribution in [0.4, 0.5) is 18.0 Å². The quantitative estimate of drug-likeness (QED) is 0.650. The van der Waals surface area contributed by atoms with E-state index in [0.29, 0.717) is 35.8 Å². The van der Waals surface area contributed by atoms with Crippen molar-refractivity contribution in [2.45, 2.75) is 74.9 Å². The van der Waals surface area contributed by atoms with Crippen molar-refractivity contribution in [1.29, 1.82) is 0 Å². The zero-order valence-electron chi connectivity index (χ0n) is 18.3. The summed E-state index contributed by atoms with van der Waals surface area (Å²) in [7, 11) is 0. The Labute approximate surface area is 199 Å². The van der Waals surface area contributed by atoms with Gasteiger partial charge in [0, 0.05) is 35.5 Å². The molecule has 182 valence electrons. The van der Waals surface area contributed by atoms with Crippen LogP contribution in [-0.4, -0.2) is 45.7 Å². The minimum atomic E-state index is -4.62. The molecule has 2 bridgehead atoms. The standard InChI is InChI=1S/C23H24ClF3N4O3/c24-16-2-1-13-11-31(4-3-12(13)5-16)21(32)28-22-8-15(9-22)18(10-22)20-30-29-19(33-20)14-6-17(7-14)34-23(25,26)27/h1-2,5,14-15,17-18H,3-4,6-11H2,(H,28,32)/t14?,15?,17?,18-,22?/m1/s1. The van der Waals surface area contributed by atoms with Crippen molar-refractivity contribution in [3.8, 4) is 0 Å². The third-order valence-electron chi connectivity index (χ3n) is 7.84. The molecule has 1 aliphatic heterocycles. The van der Waals surface area contributed by atoms with Crippen molar-refractivity contribution in [2.75, 3.05) is 6.54 Å². The Morgan fingerprint density at radius 1 is 1.18 bits per heavy atom. The largest absolute Gasteiger partial charge is 0.522 e. The van der Waals surface area contributed by atoms with Crippen molar-refractivity contribution in [3.05, 3.63) is 46.1 Å². The molecule has 4 aliphatic carbocycles. The molecule has 7 nitrogen and oxygen atoms in total. The second kappa shape index (κ2) is 7.84. The zero-order valence-corrected chi connectivity index (χ0v) is 19.0. The number of carbonyl (C=O) groups is 1. The number of carbonyl (C=O) groups excluding carboxylic acids is 1. The maximum absolute atomic E-state index is 13.0. The first-order chi connectivity index (χ1) is 16.2. The molecule has 1 atom stereocenters. The van der Waals surface area contributed by atoms with Gasteiger partial charge >= 0.3 is 12.4 Å². The molecular formula is C23H24ClF3N4O3. The fourth-order valence-electron chi connectivity index (χ4n) is 6.04. The Hall–Kier alpha value is -2.33. The number of urea groups is 1. The van der Waals surface area contributed by atoms with Gasteiger partial charge in [0.25, 0.3) is 0 Å². The molecular weight excluding hydrogens is 473 g/mol. The third-order valence-corrected chi connectivity index (χ3v) is 8.08. The van der Waals surface area contributed by atoms with Crippen LogP contribution in [0.25, 0.3) is 0 Å². The summed E-state index contributed by atoms with van der Waals surface area (Å²) in [4.78, 5) is 14.9. The van der Waals surface area contributed by atoms with Gasteiger partial charge in [-0.2, -0.15) is 0 Å². The van der Waals surface area contributed by atoms with Crippen molar-refractivity contribution < 1.29 is 27.1 Å². The number of hydrogen-bond acceptors (Lipinski definition) is 5. The second-order valence-corrected chi connectivity index (χ2v) is 10.5. The van der Waals surface area contributed by atoms with Crippen LogP contribution in [-0.2, 0) is 17.7 Å². The molecule has 11 heteroatoms. The summed E-state index contributed by atoms with van der Waals surface area (Å²) in [6, 6.07) is 5.74. The van der Waals surface area contributed by atoms with E-state index in [9.17, 15) is 18.0 Å². The van der Waals surface area contributed by atoms with E-state index in [1.807, 2.05) is 23.1 Å². The molecule has 1 aromatic carbocycles. The normalized spacial score (nSPS) is 32.1. The third kappa shape index (κ3) is 4.04. The molecule has 2 amide bonds. The summed E-state index contributed by atoms with van der Waals surface area (Å²) in [5.41, 5.74) is 2.05. The molecule has 34 heavy (non-hydrogen) atoms. The highest BCUT2D eigenvalue weighted by atomic mass is 35.5. The Morgan fingerprint density at radius 2 is 1.94 bits per heavy atom. The number of benzene rings is 1. The highest BCUT2D eigenvalue weighted by Gasteiger charge is 2.59. The van der Waals surface area contributed by atoms with Crippen molar-refractivity contribution in [3.63, 3.8) is 0 Å². The maximum Gasteiger partial charge on any atom is 0.522 e. The van der Waals surface area contributed by atoms with Gasteiger partial charge in [0.1, 0.15) is 0 Å². The second-order valence-electron chi connectivity index (χ2n) is 10.1. The Bertz CT molecular complexity index is 1110. The lowest BCUT2D eigenvalue weighted by Crippen LogP contribution is -2.56. The van der Waals surface area contributed by atoms with E-state index < -0.39 is 12.5 Å². The minimum Gasteiger partial charge on any atom is -0.425 e. The van der Waals surface area contributed by atoms with Crippen LogP contribution in [0.1, 0.15) is 66.8 Å². The average molecular weight is 497 g/mol. The van der Waals surface area contributed by atoms with Crippen LogP contribution < -0.4 is 5.32 Å². The van der Waals surface area contributed by atoms with Crippen molar-refractivity contribution in [1.82, 2.24) is 20.4 Å². The number of aromatic nitrogens is 2. The van der Waals surface area contributed by atoms with E-state index in [2.05, 4.69) is 20.3 Å². The van der Waals surface area contributed by atoms with Crippen LogP contribution in [0.2, 0.25) is 5.02 Å². The first-order valence-corrected chi connectivity index (χ1v) is 12.0. The zero-order chi connectivity index (χ0) is 23.7. The smallest absolute Gasteiger partial charge is 0.425 e. The minimum absolute atomic E-state index is 0.0592. The molecule has 2 aromatic rings. The summed E-state index contributed by atoms with van der Waals surface area (Å²) in [6.07, 6.45) is -1.78. The molecule has 0 spiro atoms. The summed E-state index contributed by atoms with van der Waals surface area (Å²) >= 11 is 6.08. The highest BCUT2D eigenvalue weighted by Crippen LogP contribution is 2.59. The van der Waals surface area contributed by atoms with Gasteiger partial charge in [-0.1, -0.05) is 17.7 Å². The van der Waals surface area contributed by atoms with Gasteiger partial charge in [0.15, 0.2) is 0 Å². The molecule has 2 heterocycles. The summed E-state index contributed by atoms with van der Waals surface area (Å²) in [5, 5.41) is 12.3. The number of rotatable bonds is 4. The summed E-state index contributed by atoms with van der Waals surface area (Å²) < 4.78 is 46.9. The fourth-order valence-corrected chi connectivity index (χ4v) is 6.23. The van der Waals surface area contributed by atoms with E-state index >= 15 is 0 Å². The molecule has 4 saturated carbocycles. The molecule has 0 radical (unpaired) electrons. The number of halogens is 4. The Morgan fingerprint density at radius 3 is 2.71 bits per heavy atom. The van der Waals surface area contributed by atoms with Crippen LogP contribution in [0, 0.1) is 5.92 Å². The van der Waals surface area contributed by atoms with Crippen LogP contribution in [0.15, 0.2) is 22.6 Å². The SMILES string of the molecule is O=C(NC12CC(C1)[C@H](c1nnc(C3CC(OC(F)(F)F)C3)o1)C2)N1CCc2cc(Cl)ccc2C1. The van der Waals surface area contributed by atoms with Gasteiger partial charge in [0.2, 0.25) is 11.8 Å². The van der Waals surface area contributed by atoms with Gasteiger partial charge in [-0.3, -0.25) is 4.74 Å². The van der Waals surface area contributed by atoms with Gasteiger partial charge in [-0.05, 0) is 67.7 Å². The number of hydrogen-bond donors (Lipinski definition) is 1. The van der Waals surface area contributed by atoms with E-state index in [1.165, 1.54) is 5.56 Å². The predicted molar refractivity (Wildman–Crippen MR) is 114 cm³/mol. The predicted octanol–water partition coefficient (Wildman–Crippen LogP) is 4.91. The lowest BCUT2D eigenvalue weighted by Gasteiger charge is -2.41. The lowest BCUT2D eigenvalue weighted by molar-refractivity contribution is -0.352. The topological polar surface area (TPSA) is 80.5 Å². The molecule has 0 saturated heterocycles. The van der Waals surface area contributed by atoms with E-state index in [1.54, 1.807) is 0 Å². The van der Waals surface area contributed by atoms with Crippen molar-refractivity contribution in [2.24, 2.45) is 5.92 Å². The molecule has 0 unspecified atom stereocenters. The van der Waals surface area contributed by atoms with Gasteiger partial charge < -0.3 is 14.6 Å². The van der Waals surface area contributed by atoms with Crippen molar-refractivity contribution >= 4 is 17.6 Å². The van der Waals surface area contributed by atoms with Crippen LogP contribution in [0.5, 0.6) is 0 Å². The fraction of sp³-hybridized carbons (Fsp3) is 0.609. The first kappa shape index (κ1) is 22.2. The van der Waals surface area contributed by atoms with Gasteiger partial charge in [-0.15, -0.1) is 23.4 Å². The Kier molecular flexibility index (Phi) is 5.11. The number of nitrogens with one attached hydrogen (secondary N) is 1. The number of amides is 2. The molecule has 4 fully saturated rings. The number of fused-ring (bicyclic) bond motifs is 2. The Balaban J connectivity index is 1.04. The number of nitrogens with zero attached hydrogens (tertiary/aromatic N) is 3. The average Bonchev–Trinajstić information content (AvgIpc) is 3.42. The van der Waals surface area contributed by atoms with Crippen LogP contribution in [0.3, 0.4) is 0 Å². The van der Waals surface area contributed by atoms with E-state index in [-0.39, 0.29) is 36.2 Å². The van der Waals surface area contributed by atoms with E-state index in [0.717, 1.165) is 31.2 Å². The summed E-state index contributed by atoms with van der Waals surface area (Å²) in [6.45, 7) is 1.21.